The first-order chi connectivity index (χ1) is 12.3. The second kappa shape index (κ2) is 8.74. The van der Waals surface area contributed by atoms with E-state index in [1.54, 1.807) is 7.11 Å². The van der Waals surface area contributed by atoms with Gasteiger partial charge in [0.15, 0.2) is 17.6 Å². The molecular weight excluding hydrogens is 318 g/mol. The van der Waals surface area contributed by atoms with Crippen molar-refractivity contribution in [2.75, 3.05) is 33.4 Å². The lowest BCUT2D eigenvalue weighted by atomic mass is 10.0. The highest BCUT2D eigenvalue weighted by Crippen LogP contribution is 2.34. The van der Waals surface area contributed by atoms with E-state index in [2.05, 4.69) is 5.32 Å². The number of benzene rings is 2. The smallest absolute Gasteiger partial charge is 0.162 e. The maximum atomic E-state index is 6.37. The Morgan fingerprint density at radius 2 is 1.88 bits per heavy atom. The van der Waals surface area contributed by atoms with Gasteiger partial charge in [0.05, 0.1) is 20.3 Å². The van der Waals surface area contributed by atoms with Gasteiger partial charge in [-0.1, -0.05) is 24.3 Å². The van der Waals surface area contributed by atoms with Gasteiger partial charge in [-0.3, -0.25) is 0 Å². The molecule has 0 amide bonds. The van der Waals surface area contributed by atoms with E-state index in [1.807, 2.05) is 55.5 Å². The fourth-order valence-electron chi connectivity index (χ4n) is 2.89. The molecule has 1 aliphatic rings. The van der Waals surface area contributed by atoms with Crippen LogP contribution in [0, 0.1) is 0 Å². The minimum Gasteiger partial charge on any atom is -0.497 e. The highest BCUT2D eigenvalue weighted by atomic mass is 16.6. The first-order valence-electron chi connectivity index (χ1n) is 8.66. The fourth-order valence-corrected chi connectivity index (χ4v) is 2.89. The molecule has 0 radical (unpaired) electrons. The van der Waals surface area contributed by atoms with E-state index in [0.717, 1.165) is 35.9 Å². The molecule has 2 aromatic rings. The number of para-hydroxylation sites is 2. The Morgan fingerprint density at radius 1 is 1.12 bits per heavy atom. The number of ether oxygens (including phenoxy) is 4. The van der Waals surface area contributed by atoms with Crippen molar-refractivity contribution in [1.82, 2.24) is 5.32 Å². The Bertz CT molecular complexity index is 653. The average Bonchev–Trinajstić information content (AvgIpc) is 2.68. The summed E-state index contributed by atoms with van der Waals surface area (Å²) in [7, 11) is 1.66. The van der Waals surface area contributed by atoms with Gasteiger partial charge in [-0.25, -0.2) is 0 Å². The first kappa shape index (κ1) is 17.6. The largest absolute Gasteiger partial charge is 0.497 e. The predicted octanol–water partition coefficient (Wildman–Crippen LogP) is 3.20. The number of hydrogen-bond donors (Lipinski definition) is 1. The summed E-state index contributed by atoms with van der Waals surface area (Å²) in [6, 6.07) is 15.7. The number of hydrogen-bond acceptors (Lipinski definition) is 5. The average molecular weight is 343 g/mol. The molecule has 0 bridgehead atoms. The SMILES string of the molecule is CCOc1ccccc1OC(c1ccc(OC)cc1)C1CNCCO1. The third-order valence-electron chi connectivity index (χ3n) is 4.14. The molecule has 0 saturated carbocycles. The molecule has 5 nitrogen and oxygen atoms in total. The molecule has 134 valence electrons. The van der Waals surface area contributed by atoms with Gasteiger partial charge in [0.2, 0.25) is 0 Å². The van der Waals surface area contributed by atoms with Crippen LogP contribution in [0.4, 0.5) is 0 Å². The molecule has 1 saturated heterocycles. The van der Waals surface area contributed by atoms with Crippen molar-refractivity contribution < 1.29 is 18.9 Å². The third kappa shape index (κ3) is 4.44. The first-order valence-corrected chi connectivity index (χ1v) is 8.66. The molecule has 2 atom stereocenters. The zero-order valence-corrected chi connectivity index (χ0v) is 14.7. The molecule has 1 aliphatic heterocycles. The van der Waals surface area contributed by atoms with Crippen LogP contribution >= 0.6 is 0 Å². The number of morpholine rings is 1. The molecule has 1 heterocycles. The van der Waals surface area contributed by atoms with Gasteiger partial charge in [-0.15, -0.1) is 0 Å². The van der Waals surface area contributed by atoms with Crippen molar-refractivity contribution in [3.8, 4) is 17.2 Å². The number of rotatable bonds is 7. The van der Waals surface area contributed by atoms with E-state index in [1.165, 1.54) is 0 Å². The van der Waals surface area contributed by atoms with E-state index >= 15 is 0 Å². The van der Waals surface area contributed by atoms with Crippen LogP contribution in [0.15, 0.2) is 48.5 Å². The lowest BCUT2D eigenvalue weighted by Crippen LogP contribution is -2.43. The molecule has 2 unspecified atom stereocenters. The lowest BCUT2D eigenvalue weighted by molar-refractivity contribution is -0.0439. The van der Waals surface area contributed by atoms with Gasteiger partial charge in [-0.2, -0.15) is 0 Å². The van der Waals surface area contributed by atoms with Gasteiger partial charge in [0.1, 0.15) is 11.9 Å². The van der Waals surface area contributed by atoms with Gasteiger partial charge in [0.25, 0.3) is 0 Å². The summed E-state index contributed by atoms with van der Waals surface area (Å²) in [6.07, 6.45) is -0.308. The van der Waals surface area contributed by atoms with Crippen LogP contribution in [0.25, 0.3) is 0 Å². The van der Waals surface area contributed by atoms with Gasteiger partial charge >= 0.3 is 0 Å². The molecule has 0 spiro atoms. The van der Waals surface area contributed by atoms with Crippen LogP contribution in [0.5, 0.6) is 17.2 Å². The molecule has 0 aliphatic carbocycles. The van der Waals surface area contributed by atoms with Crippen LogP contribution in [0.1, 0.15) is 18.6 Å². The van der Waals surface area contributed by atoms with Crippen molar-refractivity contribution >= 4 is 0 Å². The van der Waals surface area contributed by atoms with Crippen molar-refractivity contribution in [2.24, 2.45) is 0 Å². The zero-order valence-electron chi connectivity index (χ0n) is 14.7. The van der Waals surface area contributed by atoms with Crippen molar-refractivity contribution in [1.29, 1.82) is 0 Å². The Labute approximate surface area is 148 Å². The Hall–Kier alpha value is -2.24. The second-order valence-corrected chi connectivity index (χ2v) is 5.80. The van der Waals surface area contributed by atoms with Crippen LogP contribution in [-0.2, 0) is 4.74 Å². The summed E-state index contributed by atoms with van der Waals surface area (Å²) in [5, 5.41) is 3.37. The van der Waals surface area contributed by atoms with E-state index in [-0.39, 0.29) is 12.2 Å². The molecular formula is C20H25NO4. The van der Waals surface area contributed by atoms with E-state index in [9.17, 15) is 0 Å². The monoisotopic (exact) mass is 343 g/mol. The second-order valence-electron chi connectivity index (χ2n) is 5.80. The highest BCUT2D eigenvalue weighted by Gasteiger charge is 2.28. The van der Waals surface area contributed by atoms with Gasteiger partial charge < -0.3 is 24.3 Å². The van der Waals surface area contributed by atoms with E-state index < -0.39 is 0 Å². The van der Waals surface area contributed by atoms with Gasteiger partial charge in [-0.05, 0) is 36.8 Å². The van der Waals surface area contributed by atoms with E-state index in [4.69, 9.17) is 18.9 Å². The summed E-state index contributed by atoms with van der Waals surface area (Å²) in [4.78, 5) is 0. The van der Waals surface area contributed by atoms with Crippen molar-refractivity contribution in [3.63, 3.8) is 0 Å². The zero-order chi connectivity index (χ0) is 17.5. The molecule has 5 heteroatoms. The highest BCUT2D eigenvalue weighted by molar-refractivity contribution is 5.40. The minimum absolute atomic E-state index is 0.0724. The van der Waals surface area contributed by atoms with Crippen molar-refractivity contribution in [2.45, 2.75) is 19.1 Å². The molecule has 2 aromatic carbocycles. The maximum Gasteiger partial charge on any atom is 0.162 e. The molecule has 1 N–H and O–H groups in total. The van der Waals surface area contributed by atoms with E-state index in [0.29, 0.717) is 13.2 Å². The van der Waals surface area contributed by atoms with Gasteiger partial charge in [0, 0.05) is 13.1 Å². The Morgan fingerprint density at radius 3 is 2.52 bits per heavy atom. The quantitative estimate of drug-likeness (QED) is 0.837. The lowest BCUT2D eigenvalue weighted by Gasteiger charge is -2.32. The summed E-state index contributed by atoms with van der Waals surface area (Å²) < 4.78 is 23.3. The summed E-state index contributed by atoms with van der Waals surface area (Å²) in [5.74, 6) is 2.28. The third-order valence-corrected chi connectivity index (χ3v) is 4.14. The summed E-state index contributed by atoms with van der Waals surface area (Å²) >= 11 is 0. The molecule has 0 aromatic heterocycles. The normalized spacial score (nSPS) is 18.4. The molecule has 3 rings (SSSR count). The van der Waals surface area contributed by atoms with Crippen molar-refractivity contribution in [3.05, 3.63) is 54.1 Å². The number of nitrogens with one attached hydrogen (secondary N) is 1. The summed E-state index contributed by atoms with van der Waals surface area (Å²) in [6.45, 7) is 4.84. The minimum atomic E-state index is -0.236. The molecule has 1 fully saturated rings. The van der Waals surface area contributed by atoms with Crippen LogP contribution in [0.2, 0.25) is 0 Å². The Balaban J connectivity index is 1.88. The Kier molecular flexibility index (Phi) is 6.14. The topological polar surface area (TPSA) is 49.0 Å². The fraction of sp³-hybridized carbons (Fsp3) is 0.400. The number of methoxy groups -OCH3 is 1. The summed E-state index contributed by atoms with van der Waals surface area (Å²) in [5.41, 5.74) is 1.04. The van der Waals surface area contributed by atoms with Crippen LogP contribution < -0.4 is 19.5 Å². The standard InChI is InChI=1S/C20H25NO4/c1-3-23-17-6-4-5-7-18(17)25-20(19-14-21-12-13-24-19)15-8-10-16(22-2)11-9-15/h4-11,19-21H,3,12-14H2,1-2H3. The molecule has 25 heavy (non-hydrogen) atoms. The predicted molar refractivity (Wildman–Crippen MR) is 96.6 cm³/mol. The maximum absolute atomic E-state index is 6.37. The van der Waals surface area contributed by atoms with Crippen LogP contribution in [-0.4, -0.2) is 39.5 Å². The van der Waals surface area contributed by atoms with Crippen LogP contribution in [0.3, 0.4) is 0 Å².